The summed E-state index contributed by atoms with van der Waals surface area (Å²) in [5, 5.41) is 14.8. The van der Waals surface area contributed by atoms with Crippen molar-refractivity contribution in [3.63, 3.8) is 0 Å². The molecule has 4 heterocycles. The molecule has 0 saturated carbocycles. The van der Waals surface area contributed by atoms with Gasteiger partial charge >= 0.3 is 0 Å². The lowest BCUT2D eigenvalue weighted by atomic mass is 9.97. The number of nitrogens with one attached hydrogen (secondary N) is 2. The average Bonchev–Trinajstić information content (AvgIpc) is 3.96. The molecule has 6 heteroatoms. The zero-order valence-corrected chi connectivity index (χ0v) is 31.5. The normalized spacial score (nSPS) is 15.9. The fourth-order valence-corrected chi connectivity index (χ4v) is 10.2. The van der Waals surface area contributed by atoms with Gasteiger partial charge in [-0.15, -0.1) is 11.3 Å². The van der Waals surface area contributed by atoms with Crippen LogP contribution in [-0.2, 0) is 0 Å². The molecular formula is C51H34N4OS. The third-order valence-corrected chi connectivity index (χ3v) is 12.7. The number of nitrogens with zero attached hydrogens (tertiary/aromatic N) is 2. The molecule has 57 heavy (non-hydrogen) atoms. The van der Waals surface area contributed by atoms with Crippen molar-refractivity contribution in [1.29, 1.82) is 0 Å². The average molecular weight is 751 g/mol. The molecular weight excluding hydrogens is 717 g/mol. The van der Waals surface area contributed by atoms with E-state index in [0.717, 1.165) is 50.2 Å². The summed E-state index contributed by atoms with van der Waals surface area (Å²) in [5.41, 5.74) is 11.0. The molecule has 1 aliphatic heterocycles. The van der Waals surface area contributed by atoms with Crippen molar-refractivity contribution in [3.8, 4) is 16.8 Å². The first-order valence-electron chi connectivity index (χ1n) is 19.4. The van der Waals surface area contributed by atoms with E-state index in [2.05, 4.69) is 191 Å². The Morgan fingerprint density at radius 1 is 0.544 bits per heavy atom. The minimum atomic E-state index is -0.195. The first kappa shape index (κ1) is 32.3. The molecule has 0 bridgehead atoms. The lowest BCUT2D eigenvalue weighted by molar-refractivity contribution is 0.411. The van der Waals surface area contributed by atoms with Crippen molar-refractivity contribution >= 4 is 81.1 Å². The summed E-state index contributed by atoms with van der Waals surface area (Å²) in [6.45, 7) is 0. The molecule has 2 atom stereocenters. The summed E-state index contributed by atoms with van der Waals surface area (Å²) >= 11 is 1.85. The highest BCUT2D eigenvalue weighted by atomic mass is 32.1. The van der Waals surface area contributed by atoms with Crippen LogP contribution in [0.5, 0.6) is 0 Å². The molecule has 0 fully saturated rings. The van der Waals surface area contributed by atoms with E-state index < -0.39 is 0 Å². The molecule has 2 N–H and O–H groups in total. The third-order valence-electron chi connectivity index (χ3n) is 11.5. The number of fused-ring (bicyclic) bond motifs is 9. The topological polar surface area (TPSA) is 54.5 Å². The van der Waals surface area contributed by atoms with E-state index >= 15 is 0 Å². The highest BCUT2D eigenvalue weighted by Crippen LogP contribution is 2.45. The number of amidine groups is 1. The van der Waals surface area contributed by atoms with Crippen LogP contribution in [0, 0.1) is 0 Å². The molecule has 11 aromatic rings. The number of benzene rings is 8. The smallest absolute Gasteiger partial charge is 0.137 e. The van der Waals surface area contributed by atoms with Crippen LogP contribution in [0.2, 0.25) is 0 Å². The molecule has 5 nitrogen and oxygen atoms in total. The summed E-state index contributed by atoms with van der Waals surface area (Å²) < 4.78 is 11.6. The van der Waals surface area contributed by atoms with E-state index in [0.29, 0.717) is 0 Å². The number of aliphatic imine (C=N–C) groups is 1. The predicted octanol–water partition coefficient (Wildman–Crippen LogP) is 13.1. The molecule has 0 aliphatic carbocycles. The second kappa shape index (κ2) is 12.8. The van der Waals surface area contributed by atoms with Crippen molar-refractivity contribution < 1.29 is 4.42 Å². The Morgan fingerprint density at radius 2 is 1.25 bits per heavy atom. The monoisotopic (exact) mass is 750 g/mol. The fraction of sp³-hybridized carbons (Fsp3) is 0.0392. The molecule has 0 radical (unpaired) electrons. The van der Waals surface area contributed by atoms with E-state index in [1.807, 2.05) is 17.4 Å². The molecule has 0 amide bonds. The molecule has 8 aromatic carbocycles. The first-order valence-corrected chi connectivity index (χ1v) is 20.2. The van der Waals surface area contributed by atoms with Crippen molar-refractivity contribution in [1.82, 2.24) is 15.2 Å². The van der Waals surface area contributed by atoms with Gasteiger partial charge in [-0.3, -0.25) is 5.32 Å². The quantitative estimate of drug-likeness (QED) is 0.184. The van der Waals surface area contributed by atoms with Crippen LogP contribution in [0.15, 0.2) is 191 Å². The minimum Gasteiger partial charge on any atom is -0.456 e. The zero-order valence-electron chi connectivity index (χ0n) is 30.7. The first-order chi connectivity index (χ1) is 28.3. The van der Waals surface area contributed by atoms with E-state index in [-0.39, 0.29) is 12.3 Å². The zero-order chi connectivity index (χ0) is 37.5. The maximum Gasteiger partial charge on any atom is 0.137 e. The van der Waals surface area contributed by atoms with Crippen molar-refractivity contribution in [2.24, 2.45) is 4.99 Å². The van der Waals surface area contributed by atoms with Crippen LogP contribution in [0.1, 0.15) is 29.0 Å². The molecule has 3 aromatic heterocycles. The van der Waals surface area contributed by atoms with Gasteiger partial charge in [0.25, 0.3) is 0 Å². The van der Waals surface area contributed by atoms with E-state index in [1.54, 1.807) is 0 Å². The molecule has 12 rings (SSSR count). The van der Waals surface area contributed by atoms with Gasteiger partial charge in [0.1, 0.15) is 29.3 Å². The second-order valence-electron chi connectivity index (χ2n) is 14.7. The number of hydrogen-bond donors (Lipinski definition) is 2. The van der Waals surface area contributed by atoms with Crippen LogP contribution in [0.25, 0.3) is 80.7 Å². The highest BCUT2D eigenvalue weighted by Gasteiger charge is 2.28. The van der Waals surface area contributed by atoms with Gasteiger partial charge in [-0.2, -0.15) is 0 Å². The molecule has 1 aliphatic rings. The van der Waals surface area contributed by atoms with E-state index in [1.165, 1.54) is 53.1 Å². The van der Waals surface area contributed by atoms with Gasteiger partial charge in [-0.25, -0.2) is 4.99 Å². The number of thiophene rings is 1. The standard InChI is InChI=1S/C51H34N4OS/c1-3-14-31(15-4-1)49-52-50(32-16-5-2-6-17-32)54-51(53-49)39-22-11-21-38-46-34(20-12-27-45(46)57-48(38)39)33-28-29-37-44(30-33)56-43-26-13-25-42(47(37)43)55-40-23-9-7-18-35(40)36-19-8-10-24-41(36)55/h1-30,49,51,53H,(H,52,54). The van der Waals surface area contributed by atoms with Gasteiger partial charge in [0.15, 0.2) is 0 Å². The van der Waals surface area contributed by atoms with Gasteiger partial charge < -0.3 is 14.3 Å². The number of para-hydroxylation sites is 2. The highest BCUT2D eigenvalue weighted by molar-refractivity contribution is 7.26. The molecule has 0 saturated heterocycles. The summed E-state index contributed by atoms with van der Waals surface area (Å²) in [7, 11) is 0. The third kappa shape index (κ3) is 5.08. The Morgan fingerprint density at radius 3 is 2.05 bits per heavy atom. The summed E-state index contributed by atoms with van der Waals surface area (Å²) in [6, 6.07) is 64.7. The van der Waals surface area contributed by atoms with Crippen LogP contribution in [0.3, 0.4) is 0 Å². The van der Waals surface area contributed by atoms with Gasteiger partial charge in [0, 0.05) is 47.5 Å². The minimum absolute atomic E-state index is 0.154. The lowest BCUT2D eigenvalue weighted by Gasteiger charge is -2.32. The van der Waals surface area contributed by atoms with Gasteiger partial charge in [-0.1, -0.05) is 140 Å². The van der Waals surface area contributed by atoms with Crippen LogP contribution < -0.4 is 10.6 Å². The van der Waals surface area contributed by atoms with Crippen molar-refractivity contribution in [2.75, 3.05) is 0 Å². The Labute approximate surface area is 332 Å². The molecule has 270 valence electrons. The summed E-state index contributed by atoms with van der Waals surface area (Å²) in [4.78, 5) is 5.15. The van der Waals surface area contributed by atoms with E-state index in [4.69, 9.17) is 9.41 Å². The Bertz CT molecular complexity index is 3320. The summed E-state index contributed by atoms with van der Waals surface area (Å²) in [5.74, 6) is 0.882. The largest absolute Gasteiger partial charge is 0.456 e. The van der Waals surface area contributed by atoms with Gasteiger partial charge in [0.2, 0.25) is 0 Å². The van der Waals surface area contributed by atoms with Gasteiger partial charge in [0.05, 0.1) is 22.1 Å². The lowest BCUT2D eigenvalue weighted by Crippen LogP contribution is -2.45. The van der Waals surface area contributed by atoms with Crippen molar-refractivity contribution in [2.45, 2.75) is 12.3 Å². The molecule has 2 unspecified atom stereocenters. The maximum atomic E-state index is 6.71. The number of furan rings is 1. The fourth-order valence-electron chi connectivity index (χ4n) is 8.95. The maximum absolute atomic E-state index is 6.71. The number of aromatic nitrogens is 1. The van der Waals surface area contributed by atoms with E-state index in [9.17, 15) is 0 Å². The van der Waals surface area contributed by atoms with Crippen molar-refractivity contribution in [3.05, 3.63) is 199 Å². The summed E-state index contributed by atoms with van der Waals surface area (Å²) in [6.07, 6.45) is -0.349. The van der Waals surface area contributed by atoms with Gasteiger partial charge in [-0.05, 0) is 59.2 Å². The SMILES string of the molecule is c1ccc(C2=NC(c3ccccc3)NC(c3cccc4c3sc3cccc(-c5ccc6c(c5)oc5cccc(-n7c8ccccc8c8ccccc87)c56)c34)N2)cc1. The Hall–Kier alpha value is -6.99. The predicted molar refractivity (Wildman–Crippen MR) is 238 cm³/mol. The number of rotatable bonds is 5. The van der Waals surface area contributed by atoms with Crippen LogP contribution in [-0.4, -0.2) is 10.4 Å². The second-order valence-corrected chi connectivity index (χ2v) is 15.8. The van der Waals surface area contributed by atoms with Crippen LogP contribution >= 0.6 is 11.3 Å². The van der Waals surface area contributed by atoms with Crippen LogP contribution in [0.4, 0.5) is 0 Å². The number of hydrogen-bond acceptors (Lipinski definition) is 5. The molecule has 0 spiro atoms. The Balaban J connectivity index is 0.988. The Kier molecular flexibility index (Phi) is 7.24.